The van der Waals surface area contributed by atoms with E-state index in [0.717, 1.165) is 0 Å². The van der Waals surface area contributed by atoms with Crippen LogP contribution in [0, 0.1) is 22.7 Å². The molecule has 1 rings (SSSR count). The minimum atomic E-state index is 0.380. The van der Waals surface area contributed by atoms with Gasteiger partial charge in [-0.1, -0.05) is 0 Å². The number of nitrogens with zero attached hydrogens (tertiary/aromatic N) is 4. The van der Waals surface area contributed by atoms with Crippen molar-refractivity contribution in [2.45, 2.75) is 6.42 Å². The molecule has 0 aromatic carbocycles. The van der Waals surface area contributed by atoms with Crippen LogP contribution in [0.5, 0.6) is 0 Å². The molecule has 0 aliphatic carbocycles. The monoisotopic (exact) mass is 245 g/mol. The van der Waals surface area contributed by atoms with E-state index in [1.807, 2.05) is 11.0 Å². The Morgan fingerprint density at radius 1 is 1.44 bits per heavy atom. The van der Waals surface area contributed by atoms with Crippen molar-refractivity contribution >= 4 is 11.5 Å². The quantitative estimate of drug-likeness (QED) is 0.799. The van der Waals surface area contributed by atoms with Crippen molar-refractivity contribution in [2.24, 2.45) is 0 Å². The second-order valence-corrected chi connectivity index (χ2v) is 3.64. The minimum absolute atomic E-state index is 0.380. The van der Waals surface area contributed by atoms with Gasteiger partial charge in [0.1, 0.15) is 6.07 Å². The van der Waals surface area contributed by atoms with E-state index in [0.29, 0.717) is 43.2 Å². The molecule has 1 aromatic rings. The lowest BCUT2D eigenvalue weighted by molar-refractivity contribution is 0.205. The molecule has 94 valence electrons. The van der Waals surface area contributed by atoms with Crippen molar-refractivity contribution in [3.8, 4) is 12.1 Å². The number of ether oxygens (including phenoxy) is 1. The van der Waals surface area contributed by atoms with E-state index in [9.17, 15) is 0 Å². The molecule has 6 heteroatoms. The molecular weight excluding hydrogens is 230 g/mol. The van der Waals surface area contributed by atoms with E-state index in [-0.39, 0.29) is 0 Å². The lowest BCUT2D eigenvalue weighted by Crippen LogP contribution is -2.29. The van der Waals surface area contributed by atoms with E-state index in [2.05, 4.69) is 11.1 Å². The Morgan fingerprint density at radius 2 is 2.22 bits per heavy atom. The van der Waals surface area contributed by atoms with Crippen LogP contribution in [-0.2, 0) is 4.74 Å². The summed E-state index contributed by atoms with van der Waals surface area (Å²) >= 11 is 0. The number of anilines is 2. The fourth-order valence-electron chi connectivity index (χ4n) is 1.51. The summed E-state index contributed by atoms with van der Waals surface area (Å²) in [4.78, 5) is 6.05. The summed E-state index contributed by atoms with van der Waals surface area (Å²) in [6.07, 6.45) is 1.85. The smallest absolute Gasteiger partial charge is 0.151 e. The second kappa shape index (κ2) is 7.10. The normalized spacial score (nSPS) is 9.50. The van der Waals surface area contributed by atoms with Crippen LogP contribution < -0.4 is 10.6 Å². The summed E-state index contributed by atoms with van der Waals surface area (Å²) in [5.74, 6) is 0.585. The van der Waals surface area contributed by atoms with Crippen molar-refractivity contribution in [3.63, 3.8) is 0 Å². The van der Waals surface area contributed by atoms with E-state index in [1.165, 1.54) is 6.20 Å². The zero-order valence-electron chi connectivity index (χ0n) is 10.3. The van der Waals surface area contributed by atoms with Gasteiger partial charge in [-0.15, -0.1) is 0 Å². The fourth-order valence-corrected chi connectivity index (χ4v) is 1.51. The summed E-state index contributed by atoms with van der Waals surface area (Å²) in [5.41, 5.74) is 6.72. The first-order valence-electron chi connectivity index (χ1n) is 5.49. The number of nitriles is 2. The summed E-state index contributed by atoms with van der Waals surface area (Å²) in [5, 5.41) is 17.4. The Bertz CT molecular complexity index is 474. The van der Waals surface area contributed by atoms with Gasteiger partial charge in [-0.3, -0.25) is 0 Å². The number of nitrogen functional groups attached to an aromatic ring is 1. The first-order chi connectivity index (χ1) is 8.72. The van der Waals surface area contributed by atoms with Crippen molar-refractivity contribution in [3.05, 3.63) is 17.8 Å². The molecule has 0 saturated carbocycles. The molecule has 0 aliphatic heterocycles. The lowest BCUT2D eigenvalue weighted by Gasteiger charge is -2.23. The van der Waals surface area contributed by atoms with Crippen molar-refractivity contribution in [1.29, 1.82) is 10.5 Å². The van der Waals surface area contributed by atoms with Crippen LogP contribution in [0.25, 0.3) is 0 Å². The lowest BCUT2D eigenvalue weighted by atomic mass is 10.2. The van der Waals surface area contributed by atoms with Gasteiger partial charge in [0, 0.05) is 26.4 Å². The Balaban J connectivity index is 2.90. The summed E-state index contributed by atoms with van der Waals surface area (Å²) in [6, 6.07) is 5.64. The van der Waals surface area contributed by atoms with Gasteiger partial charge in [-0.05, 0) is 6.07 Å². The topological polar surface area (TPSA) is 99.0 Å². The molecule has 6 nitrogen and oxygen atoms in total. The van der Waals surface area contributed by atoms with Gasteiger partial charge in [-0.25, -0.2) is 4.98 Å². The highest BCUT2D eigenvalue weighted by Crippen LogP contribution is 2.20. The highest BCUT2D eigenvalue weighted by atomic mass is 16.5. The molecule has 0 saturated heterocycles. The number of aromatic nitrogens is 1. The third-order valence-corrected chi connectivity index (χ3v) is 2.38. The summed E-state index contributed by atoms with van der Waals surface area (Å²) in [6.45, 7) is 1.65. The van der Waals surface area contributed by atoms with E-state index < -0.39 is 0 Å². The fraction of sp³-hybridized carbons (Fsp3) is 0.417. The number of pyridine rings is 1. The Labute approximate surface area is 106 Å². The number of hydrogen-bond acceptors (Lipinski definition) is 6. The van der Waals surface area contributed by atoms with Crippen LogP contribution in [0.2, 0.25) is 0 Å². The van der Waals surface area contributed by atoms with Crippen LogP contribution >= 0.6 is 0 Å². The Kier molecular flexibility index (Phi) is 5.43. The van der Waals surface area contributed by atoms with Gasteiger partial charge in [0.2, 0.25) is 0 Å². The average Bonchev–Trinajstić information content (AvgIpc) is 2.39. The molecule has 0 fully saturated rings. The Hall–Kier alpha value is -2.31. The third kappa shape index (κ3) is 3.62. The van der Waals surface area contributed by atoms with Crippen molar-refractivity contribution < 1.29 is 4.74 Å². The molecule has 1 heterocycles. The van der Waals surface area contributed by atoms with Gasteiger partial charge < -0.3 is 15.4 Å². The third-order valence-electron chi connectivity index (χ3n) is 2.38. The Morgan fingerprint density at radius 3 is 2.78 bits per heavy atom. The van der Waals surface area contributed by atoms with Crippen LogP contribution in [-0.4, -0.2) is 31.8 Å². The number of rotatable bonds is 6. The standard InChI is InChI=1S/C12H15N5O/c1-18-6-5-17(4-2-3-13)12-11(15)7-10(8-14)9-16-12/h7,9H,2,4-6,15H2,1H3. The van der Waals surface area contributed by atoms with Gasteiger partial charge in [0.25, 0.3) is 0 Å². The van der Waals surface area contributed by atoms with Crippen LogP contribution in [0.1, 0.15) is 12.0 Å². The predicted octanol–water partition coefficient (Wildman–Crippen LogP) is 0.902. The maximum atomic E-state index is 8.75. The van der Waals surface area contributed by atoms with Crippen LogP contribution in [0.3, 0.4) is 0 Å². The first kappa shape index (κ1) is 13.8. The van der Waals surface area contributed by atoms with Crippen molar-refractivity contribution in [1.82, 2.24) is 4.98 Å². The molecular formula is C12H15N5O. The van der Waals surface area contributed by atoms with Gasteiger partial charge in [-0.2, -0.15) is 10.5 Å². The van der Waals surface area contributed by atoms with Gasteiger partial charge in [0.15, 0.2) is 5.82 Å². The first-order valence-corrected chi connectivity index (χ1v) is 5.49. The number of hydrogen-bond donors (Lipinski definition) is 1. The SMILES string of the molecule is COCCN(CCC#N)c1ncc(C#N)cc1N. The van der Waals surface area contributed by atoms with E-state index >= 15 is 0 Å². The number of methoxy groups -OCH3 is 1. The highest BCUT2D eigenvalue weighted by molar-refractivity contribution is 5.64. The van der Waals surface area contributed by atoms with E-state index in [1.54, 1.807) is 13.2 Å². The maximum Gasteiger partial charge on any atom is 0.151 e. The molecule has 0 atom stereocenters. The average molecular weight is 245 g/mol. The second-order valence-electron chi connectivity index (χ2n) is 3.64. The van der Waals surface area contributed by atoms with E-state index in [4.69, 9.17) is 21.0 Å². The van der Waals surface area contributed by atoms with Crippen molar-refractivity contribution in [2.75, 3.05) is 37.4 Å². The molecule has 0 spiro atoms. The molecule has 0 amide bonds. The molecule has 0 aliphatic rings. The largest absolute Gasteiger partial charge is 0.396 e. The zero-order chi connectivity index (χ0) is 13.4. The molecule has 0 radical (unpaired) electrons. The molecule has 2 N–H and O–H groups in total. The molecule has 1 aromatic heterocycles. The number of nitrogens with two attached hydrogens (primary N) is 1. The van der Waals surface area contributed by atoms with Gasteiger partial charge in [0.05, 0.1) is 30.3 Å². The predicted molar refractivity (Wildman–Crippen MR) is 67.7 cm³/mol. The molecule has 0 bridgehead atoms. The van der Waals surface area contributed by atoms with Crippen LogP contribution in [0.15, 0.2) is 12.3 Å². The summed E-state index contributed by atoms with van der Waals surface area (Å²) in [7, 11) is 1.61. The molecule has 18 heavy (non-hydrogen) atoms. The molecule has 0 unspecified atom stereocenters. The maximum absolute atomic E-state index is 8.75. The summed E-state index contributed by atoms with van der Waals surface area (Å²) < 4.78 is 5.01. The minimum Gasteiger partial charge on any atom is -0.396 e. The van der Waals surface area contributed by atoms with Crippen LogP contribution in [0.4, 0.5) is 11.5 Å². The zero-order valence-corrected chi connectivity index (χ0v) is 10.3. The van der Waals surface area contributed by atoms with Gasteiger partial charge >= 0.3 is 0 Å². The highest BCUT2D eigenvalue weighted by Gasteiger charge is 2.11.